The molecule has 1 rings (SSSR count). The predicted molar refractivity (Wildman–Crippen MR) is 70.9 cm³/mol. The lowest BCUT2D eigenvalue weighted by Crippen LogP contribution is -2.27. The third-order valence-electron chi connectivity index (χ3n) is 2.67. The summed E-state index contributed by atoms with van der Waals surface area (Å²) >= 11 is 0. The van der Waals surface area contributed by atoms with Gasteiger partial charge in [-0.3, -0.25) is 0 Å². The zero-order valence-corrected chi connectivity index (χ0v) is 10.6. The van der Waals surface area contributed by atoms with Crippen LogP contribution in [0.25, 0.3) is 0 Å². The second-order valence-electron chi connectivity index (χ2n) is 4.19. The van der Waals surface area contributed by atoms with Gasteiger partial charge in [0, 0.05) is 13.1 Å². The van der Waals surface area contributed by atoms with Crippen molar-refractivity contribution in [2.45, 2.75) is 26.7 Å². The van der Waals surface area contributed by atoms with E-state index in [0.29, 0.717) is 0 Å². The van der Waals surface area contributed by atoms with Crippen molar-refractivity contribution in [2.75, 3.05) is 26.2 Å². The molecule has 0 fully saturated rings. The van der Waals surface area contributed by atoms with Crippen LogP contribution in [0.5, 0.6) is 0 Å². The first kappa shape index (κ1) is 13.2. The number of aryl methyl sites for hydroxylation is 2. The lowest BCUT2D eigenvalue weighted by atomic mass is 10.1. The van der Waals surface area contributed by atoms with Gasteiger partial charge in [0.1, 0.15) is 0 Å². The zero-order chi connectivity index (χ0) is 11.6. The molecule has 0 amide bonds. The fourth-order valence-electron chi connectivity index (χ4n) is 1.65. The average molecular weight is 220 g/mol. The lowest BCUT2D eigenvalue weighted by molar-refractivity contribution is 0.607. The number of rotatable bonds is 8. The Bertz CT molecular complexity index is 267. The molecule has 0 unspecified atom stereocenters. The van der Waals surface area contributed by atoms with Crippen LogP contribution >= 0.6 is 0 Å². The first-order valence-electron chi connectivity index (χ1n) is 6.30. The van der Waals surface area contributed by atoms with Crippen LogP contribution in [0.2, 0.25) is 0 Å². The van der Waals surface area contributed by atoms with E-state index < -0.39 is 0 Å². The van der Waals surface area contributed by atoms with Gasteiger partial charge in [0.25, 0.3) is 0 Å². The highest BCUT2D eigenvalue weighted by molar-refractivity contribution is 5.21. The van der Waals surface area contributed by atoms with Crippen molar-refractivity contribution in [3.8, 4) is 0 Å². The Morgan fingerprint density at radius 3 is 2.31 bits per heavy atom. The first-order chi connectivity index (χ1) is 7.83. The number of hydrogen-bond acceptors (Lipinski definition) is 2. The second-order valence-corrected chi connectivity index (χ2v) is 4.19. The second kappa shape index (κ2) is 8.31. The third-order valence-corrected chi connectivity index (χ3v) is 2.67. The summed E-state index contributed by atoms with van der Waals surface area (Å²) in [5.74, 6) is 0. The van der Waals surface area contributed by atoms with Crippen molar-refractivity contribution < 1.29 is 0 Å². The molecule has 0 aliphatic rings. The minimum absolute atomic E-state index is 1.06. The number of benzene rings is 1. The van der Waals surface area contributed by atoms with Crippen LogP contribution in [0.1, 0.15) is 24.5 Å². The molecule has 0 atom stereocenters. The van der Waals surface area contributed by atoms with Gasteiger partial charge in [0.2, 0.25) is 0 Å². The van der Waals surface area contributed by atoms with Crippen LogP contribution in [0.4, 0.5) is 0 Å². The van der Waals surface area contributed by atoms with Gasteiger partial charge in [-0.1, -0.05) is 36.8 Å². The number of nitrogens with one attached hydrogen (secondary N) is 2. The summed E-state index contributed by atoms with van der Waals surface area (Å²) in [6, 6.07) is 8.84. The Morgan fingerprint density at radius 2 is 1.62 bits per heavy atom. The first-order valence-corrected chi connectivity index (χ1v) is 6.30. The van der Waals surface area contributed by atoms with Gasteiger partial charge in [-0.25, -0.2) is 0 Å². The van der Waals surface area contributed by atoms with Crippen LogP contribution in [-0.4, -0.2) is 26.2 Å². The van der Waals surface area contributed by atoms with Crippen molar-refractivity contribution in [3.63, 3.8) is 0 Å². The molecule has 16 heavy (non-hydrogen) atoms. The highest BCUT2D eigenvalue weighted by atomic mass is 14.9. The van der Waals surface area contributed by atoms with Gasteiger partial charge in [0.05, 0.1) is 0 Å². The van der Waals surface area contributed by atoms with Crippen molar-refractivity contribution in [3.05, 3.63) is 35.4 Å². The van der Waals surface area contributed by atoms with Gasteiger partial charge in [-0.2, -0.15) is 0 Å². The van der Waals surface area contributed by atoms with Gasteiger partial charge in [-0.05, 0) is 38.4 Å². The molecule has 0 heterocycles. The van der Waals surface area contributed by atoms with Crippen LogP contribution in [0.3, 0.4) is 0 Å². The minimum Gasteiger partial charge on any atom is -0.316 e. The molecule has 90 valence electrons. The van der Waals surface area contributed by atoms with Crippen molar-refractivity contribution in [1.82, 2.24) is 10.6 Å². The maximum Gasteiger partial charge on any atom is 0.00767 e. The summed E-state index contributed by atoms with van der Waals surface area (Å²) in [6.45, 7) is 8.58. The van der Waals surface area contributed by atoms with Crippen LogP contribution in [-0.2, 0) is 6.42 Å². The normalized spacial score (nSPS) is 10.6. The quantitative estimate of drug-likeness (QED) is 0.656. The summed E-state index contributed by atoms with van der Waals surface area (Å²) in [5, 5.41) is 6.74. The van der Waals surface area contributed by atoms with Crippen LogP contribution in [0, 0.1) is 6.92 Å². The van der Waals surface area contributed by atoms with Gasteiger partial charge < -0.3 is 10.6 Å². The molecular weight excluding hydrogens is 196 g/mol. The van der Waals surface area contributed by atoms with Gasteiger partial charge >= 0.3 is 0 Å². The van der Waals surface area contributed by atoms with Crippen molar-refractivity contribution >= 4 is 0 Å². The van der Waals surface area contributed by atoms with E-state index in [1.54, 1.807) is 0 Å². The molecular formula is C14H24N2. The average Bonchev–Trinajstić information content (AvgIpc) is 2.30. The Hall–Kier alpha value is -0.860. The van der Waals surface area contributed by atoms with E-state index in [1.165, 1.54) is 24.0 Å². The molecule has 2 heteroatoms. The molecule has 1 aromatic rings. The summed E-state index contributed by atoms with van der Waals surface area (Å²) in [6.07, 6.45) is 2.39. The topological polar surface area (TPSA) is 24.1 Å². The minimum atomic E-state index is 1.06. The standard InChI is InChI=1S/C14H24N2/c1-3-15-11-12-16-10-4-5-14-8-6-13(2)7-9-14/h6-9,15-16H,3-5,10-12H2,1-2H3. The highest BCUT2D eigenvalue weighted by Crippen LogP contribution is 2.04. The summed E-state index contributed by atoms with van der Waals surface area (Å²) in [5.41, 5.74) is 2.78. The molecule has 2 N–H and O–H groups in total. The zero-order valence-electron chi connectivity index (χ0n) is 10.6. The Morgan fingerprint density at radius 1 is 0.938 bits per heavy atom. The van der Waals surface area contributed by atoms with E-state index >= 15 is 0 Å². The third kappa shape index (κ3) is 5.89. The fourth-order valence-corrected chi connectivity index (χ4v) is 1.65. The Kier molecular flexibility index (Phi) is 6.86. The lowest BCUT2D eigenvalue weighted by Gasteiger charge is -2.05. The molecule has 0 aliphatic carbocycles. The molecule has 1 aromatic carbocycles. The maximum absolute atomic E-state index is 3.44. The number of likely N-dealkylation sites (N-methyl/N-ethyl adjacent to an activating group) is 1. The Balaban J connectivity index is 2.01. The van der Waals surface area contributed by atoms with E-state index in [1.807, 2.05) is 0 Å². The molecule has 0 spiro atoms. The van der Waals surface area contributed by atoms with Crippen LogP contribution < -0.4 is 10.6 Å². The Labute approximate surface area is 99.5 Å². The molecule has 0 aliphatic heterocycles. The predicted octanol–water partition coefficient (Wildman–Crippen LogP) is 2.13. The maximum atomic E-state index is 3.44. The van der Waals surface area contributed by atoms with E-state index in [9.17, 15) is 0 Å². The van der Waals surface area contributed by atoms with E-state index in [-0.39, 0.29) is 0 Å². The van der Waals surface area contributed by atoms with E-state index in [4.69, 9.17) is 0 Å². The van der Waals surface area contributed by atoms with Crippen molar-refractivity contribution in [2.24, 2.45) is 0 Å². The molecule has 0 saturated heterocycles. The molecule has 0 aromatic heterocycles. The van der Waals surface area contributed by atoms with E-state index in [2.05, 4.69) is 48.7 Å². The molecule has 0 radical (unpaired) electrons. The largest absolute Gasteiger partial charge is 0.316 e. The van der Waals surface area contributed by atoms with Gasteiger partial charge in [-0.15, -0.1) is 0 Å². The smallest absolute Gasteiger partial charge is 0.00767 e. The van der Waals surface area contributed by atoms with Crippen molar-refractivity contribution in [1.29, 1.82) is 0 Å². The molecule has 2 nitrogen and oxygen atoms in total. The highest BCUT2D eigenvalue weighted by Gasteiger charge is 1.93. The van der Waals surface area contributed by atoms with Gasteiger partial charge in [0.15, 0.2) is 0 Å². The van der Waals surface area contributed by atoms with E-state index in [0.717, 1.165) is 26.2 Å². The van der Waals surface area contributed by atoms with Crippen LogP contribution in [0.15, 0.2) is 24.3 Å². The number of hydrogen-bond donors (Lipinski definition) is 2. The fraction of sp³-hybridized carbons (Fsp3) is 0.571. The monoisotopic (exact) mass is 220 g/mol. The summed E-state index contributed by atoms with van der Waals surface area (Å²) in [7, 11) is 0. The SMILES string of the molecule is CCNCCNCCCc1ccc(C)cc1. The molecule has 0 bridgehead atoms. The molecule has 0 saturated carbocycles. The summed E-state index contributed by atoms with van der Waals surface area (Å²) < 4.78 is 0. The summed E-state index contributed by atoms with van der Waals surface area (Å²) in [4.78, 5) is 0.